The molecule has 1 fully saturated rings. The molecule has 16 heteroatoms. The molecule has 4 rings (SSSR count). The van der Waals surface area contributed by atoms with Gasteiger partial charge >= 0.3 is 0 Å². The van der Waals surface area contributed by atoms with E-state index in [0.717, 1.165) is 0 Å². The molecule has 0 bridgehead atoms. The molecule has 1 aliphatic rings. The third-order valence-corrected chi connectivity index (χ3v) is 7.56. The molecule has 226 valence electrons. The van der Waals surface area contributed by atoms with E-state index in [0.29, 0.717) is 0 Å². The molecule has 3 aromatic carbocycles. The lowest BCUT2D eigenvalue weighted by Gasteiger charge is -2.41. The number of halogens is 15. The highest BCUT2D eigenvalue weighted by Crippen LogP contribution is 2.49. The lowest BCUT2D eigenvalue weighted by atomic mass is 9.24. The van der Waals surface area contributed by atoms with Gasteiger partial charge in [0, 0.05) is 16.4 Å². The number of benzene rings is 3. The van der Waals surface area contributed by atoms with Crippen LogP contribution in [0.25, 0.3) is 0 Å². The third kappa shape index (κ3) is 4.52. The molecule has 3 aromatic rings. The maximum atomic E-state index is 15.5. The van der Waals surface area contributed by atoms with E-state index < -0.39 is 135 Å². The van der Waals surface area contributed by atoms with Crippen molar-refractivity contribution in [3.8, 4) is 0 Å². The molecule has 0 spiro atoms. The monoisotopic (exact) mass is 622 g/mol. The van der Waals surface area contributed by atoms with Crippen LogP contribution in [0.2, 0.25) is 6.32 Å². The second kappa shape index (κ2) is 11.4. The molecule has 0 saturated carbocycles. The summed E-state index contributed by atoms with van der Waals surface area (Å²) in [5, 5.41) is -3.81. The van der Waals surface area contributed by atoms with Gasteiger partial charge in [-0.1, -0.05) is 38.4 Å². The molecule has 0 aromatic heterocycles. The maximum absolute atomic E-state index is 15.5. The molecule has 42 heavy (non-hydrogen) atoms. The predicted octanol–water partition coefficient (Wildman–Crippen LogP) is 8.35. The van der Waals surface area contributed by atoms with E-state index in [1.807, 2.05) is 0 Å². The topological polar surface area (TPSA) is 0 Å². The van der Waals surface area contributed by atoms with E-state index in [1.54, 1.807) is 0 Å². The largest absolute Gasteiger partial charge is 0.204 e. The van der Waals surface area contributed by atoms with Gasteiger partial charge in [0.05, 0.1) is 0 Å². The zero-order chi connectivity index (χ0) is 31.4. The lowest BCUT2D eigenvalue weighted by Crippen LogP contribution is -2.56. The molecular weight excluding hydrogens is 608 g/mol. The first kappa shape index (κ1) is 31.6. The molecule has 0 aliphatic carbocycles. The van der Waals surface area contributed by atoms with Crippen molar-refractivity contribution in [1.29, 1.82) is 0 Å². The maximum Gasteiger partial charge on any atom is 0.200 e. The van der Waals surface area contributed by atoms with Gasteiger partial charge < -0.3 is 0 Å². The van der Waals surface area contributed by atoms with Crippen molar-refractivity contribution in [2.75, 3.05) is 0 Å². The summed E-state index contributed by atoms with van der Waals surface area (Å²) in [4.78, 5) is 0. The Morgan fingerprint density at radius 3 is 1.00 bits per heavy atom. The molecule has 0 amide bonds. The van der Waals surface area contributed by atoms with Gasteiger partial charge in [-0.15, -0.1) is 0 Å². The Morgan fingerprint density at radius 2 is 0.619 bits per heavy atom. The molecule has 0 atom stereocenters. The van der Waals surface area contributed by atoms with Crippen molar-refractivity contribution in [3.05, 3.63) is 98.4 Å². The van der Waals surface area contributed by atoms with Crippen LogP contribution in [0.15, 0.2) is 0 Å². The fourth-order valence-corrected chi connectivity index (χ4v) is 5.74. The minimum absolute atomic E-state index is 0.0518. The van der Waals surface area contributed by atoms with Crippen LogP contribution in [0.4, 0.5) is 65.9 Å². The number of hydrogen-bond acceptors (Lipinski definition) is 0. The van der Waals surface area contributed by atoms with Gasteiger partial charge in [0.25, 0.3) is 0 Å². The SMILES string of the molecule is Fc1c(F)c(F)c(B2CCCCCCCC2(c2c(F)c(F)c(F)c(F)c2F)c2c(F)c(F)c(F)c(F)c2F)c(F)c1F. The van der Waals surface area contributed by atoms with Gasteiger partial charge in [-0.3, -0.25) is 0 Å². The van der Waals surface area contributed by atoms with Crippen molar-refractivity contribution in [2.45, 2.75) is 50.2 Å². The first-order chi connectivity index (χ1) is 19.6. The van der Waals surface area contributed by atoms with E-state index in [2.05, 4.69) is 0 Å². The molecule has 0 N–H and O–H groups in total. The Bertz CT molecular complexity index is 1430. The average Bonchev–Trinajstić information content (AvgIpc) is 3.06. The van der Waals surface area contributed by atoms with Gasteiger partial charge in [-0.2, -0.15) is 0 Å². The highest BCUT2D eigenvalue weighted by molar-refractivity contribution is 6.77. The predicted molar refractivity (Wildman–Crippen MR) is 117 cm³/mol. The van der Waals surface area contributed by atoms with Crippen LogP contribution in [0.5, 0.6) is 0 Å². The van der Waals surface area contributed by atoms with Crippen molar-refractivity contribution < 1.29 is 65.9 Å². The Balaban J connectivity index is 2.37. The summed E-state index contributed by atoms with van der Waals surface area (Å²) in [5.74, 6) is -41.8. The van der Waals surface area contributed by atoms with Gasteiger partial charge in [-0.25, -0.2) is 65.9 Å². The molecular formula is C26H14BF15. The van der Waals surface area contributed by atoms with Crippen molar-refractivity contribution in [3.63, 3.8) is 0 Å². The molecule has 1 heterocycles. The van der Waals surface area contributed by atoms with Crippen LogP contribution in [0, 0.1) is 87.3 Å². The zero-order valence-corrected chi connectivity index (χ0v) is 20.7. The molecule has 1 saturated heterocycles. The van der Waals surface area contributed by atoms with Crippen LogP contribution in [0.1, 0.15) is 49.7 Å². The van der Waals surface area contributed by atoms with Crippen LogP contribution in [-0.4, -0.2) is 6.71 Å². The van der Waals surface area contributed by atoms with Gasteiger partial charge in [0.1, 0.15) is 0 Å². The summed E-state index contributed by atoms with van der Waals surface area (Å²) in [6, 6.07) is 0. The summed E-state index contributed by atoms with van der Waals surface area (Å²) in [6.07, 6.45) is -3.15. The van der Waals surface area contributed by atoms with Gasteiger partial charge in [0.15, 0.2) is 75.6 Å². The summed E-state index contributed by atoms with van der Waals surface area (Å²) < 4.78 is 221. The number of rotatable bonds is 3. The highest BCUT2D eigenvalue weighted by atomic mass is 19.2. The second-order valence-corrected chi connectivity index (χ2v) is 9.70. The normalized spacial score (nSPS) is 15.9. The van der Waals surface area contributed by atoms with Crippen LogP contribution >= 0.6 is 0 Å². The number of hydrogen-bond donors (Lipinski definition) is 0. The summed E-state index contributed by atoms with van der Waals surface area (Å²) in [6.45, 7) is -2.83. The van der Waals surface area contributed by atoms with E-state index in [1.165, 1.54) is 0 Å². The van der Waals surface area contributed by atoms with Crippen LogP contribution < -0.4 is 5.46 Å². The standard InChI is InChI=1S/C26H14BF15/c28-11-8(12(29)18(35)23(40)17(11)34)26(9-13(30)19(36)24(41)20(37)14(9)31)6-4-2-1-3-5-7-27(26)10-15(32)21(38)25(42)22(39)16(10)33/h1-7H2. The first-order valence-electron chi connectivity index (χ1n) is 12.2. The van der Waals surface area contributed by atoms with Crippen LogP contribution in [-0.2, 0) is 5.31 Å². The highest BCUT2D eigenvalue weighted by Gasteiger charge is 2.56. The van der Waals surface area contributed by atoms with Gasteiger partial charge in [0.2, 0.25) is 18.3 Å². The third-order valence-electron chi connectivity index (χ3n) is 7.56. The molecule has 0 radical (unpaired) electrons. The molecule has 0 unspecified atom stereocenters. The Hall–Kier alpha value is -3.33. The summed E-state index contributed by atoms with van der Waals surface area (Å²) >= 11 is 0. The quantitative estimate of drug-likeness (QED) is 0.119. The van der Waals surface area contributed by atoms with E-state index in [9.17, 15) is 39.5 Å². The smallest absolute Gasteiger partial charge is 0.200 e. The van der Waals surface area contributed by atoms with E-state index in [-0.39, 0.29) is 25.7 Å². The molecule has 0 nitrogen and oxygen atoms in total. The first-order valence-corrected chi connectivity index (χ1v) is 12.2. The van der Waals surface area contributed by atoms with Crippen molar-refractivity contribution >= 4 is 12.2 Å². The average molecular weight is 622 g/mol. The minimum Gasteiger partial charge on any atom is -0.204 e. The second-order valence-electron chi connectivity index (χ2n) is 9.70. The lowest BCUT2D eigenvalue weighted by molar-refractivity contribution is 0.339. The Kier molecular flexibility index (Phi) is 8.58. The van der Waals surface area contributed by atoms with E-state index in [4.69, 9.17) is 0 Å². The van der Waals surface area contributed by atoms with E-state index >= 15 is 26.3 Å². The Labute approximate surface area is 227 Å². The molecule has 1 aliphatic heterocycles. The fourth-order valence-electron chi connectivity index (χ4n) is 5.74. The minimum atomic E-state index is -3.81. The Morgan fingerprint density at radius 1 is 0.333 bits per heavy atom. The summed E-state index contributed by atoms with van der Waals surface area (Å²) in [7, 11) is 0. The fraction of sp³-hybridized carbons (Fsp3) is 0.308. The van der Waals surface area contributed by atoms with Crippen molar-refractivity contribution in [1.82, 2.24) is 0 Å². The summed E-state index contributed by atoms with van der Waals surface area (Å²) in [5.41, 5.74) is -6.57. The van der Waals surface area contributed by atoms with Crippen molar-refractivity contribution in [2.24, 2.45) is 0 Å². The zero-order valence-electron chi connectivity index (χ0n) is 20.7. The van der Waals surface area contributed by atoms with Gasteiger partial charge in [-0.05, 0) is 11.9 Å². The van der Waals surface area contributed by atoms with Crippen LogP contribution in [0.3, 0.4) is 0 Å².